The lowest BCUT2D eigenvalue weighted by atomic mass is 10.2. The van der Waals surface area contributed by atoms with E-state index in [-0.39, 0.29) is 11.5 Å². The Labute approximate surface area is 139 Å². The van der Waals surface area contributed by atoms with Gasteiger partial charge >= 0.3 is 6.36 Å². The van der Waals surface area contributed by atoms with Gasteiger partial charge in [-0.3, -0.25) is 4.79 Å². The van der Waals surface area contributed by atoms with Crippen molar-refractivity contribution in [1.82, 2.24) is 0 Å². The van der Waals surface area contributed by atoms with E-state index in [2.05, 4.69) is 10.1 Å². The van der Waals surface area contributed by atoms with E-state index < -0.39 is 12.3 Å². The summed E-state index contributed by atoms with van der Waals surface area (Å²) in [5, 5.41) is 3.23. The topological polar surface area (TPSA) is 60.7 Å². The molecule has 0 radical (unpaired) electrons. The number of halogens is 3. The maximum Gasteiger partial charge on any atom is 0.573 e. The summed E-state index contributed by atoms with van der Waals surface area (Å²) in [6, 6.07) is 11.6. The fraction of sp³-hybridized carbons (Fsp3) is 0.118. The predicted octanol–water partition coefficient (Wildman–Crippen LogP) is 4.59. The second-order valence-electron chi connectivity index (χ2n) is 5.02. The molecule has 3 aromatic rings. The highest BCUT2D eigenvalue weighted by Crippen LogP contribution is 2.29. The lowest BCUT2D eigenvalue weighted by molar-refractivity contribution is -0.274. The van der Waals surface area contributed by atoms with Gasteiger partial charge in [0, 0.05) is 11.1 Å². The zero-order valence-electron chi connectivity index (χ0n) is 12.9. The molecular weight excluding hydrogens is 339 g/mol. The molecule has 0 fully saturated rings. The minimum absolute atomic E-state index is 0.0510. The van der Waals surface area contributed by atoms with Crippen LogP contribution in [0.15, 0.2) is 52.9 Å². The molecule has 3 rings (SSSR count). The van der Waals surface area contributed by atoms with E-state index in [0.29, 0.717) is 22.4 Å². The normalized spacial score (nSPS) is 11.4. The van der Waals surface area contributed by atoms with E-state index in [4.69, 9.17) is 9.15 Å². The van der Waals surface area contributed by atoms with Crippen molar-refractivity contribution in [3.05, 3.63) is 54.3 Å². The average molecular weight is 351 g/mol. The monoisotopic (exact) mass is 351 g/mol. The van der Waals surface area contributed by atoms with Gasteiger partial charge in [0.1, 0.15) is 5.75 Å². The summed E-state index contributed by atoms with van der Waals surface area (Å²) in [6.07, 6.45) is -4.77. The Bertz CT molecular complexity index is 900. The van der Waals surface area contributed by atoms with E-state index in [1.807, 2.05) is 0 Å². The van der Waals surface area contributed by atoms with Gasteiger partial charge in [0.2, 0.25) is 0 Å². The molecule has 0 aliphatic carbocycles. The maximum atomic E-state index is 12.2. The molecule has 1 amide bonds. The molecular formula is C17H12F3NO4. The maximum absolute atomic E-state index is 12.2. The first-order valence-electron chi connectivity index (χ1n) is 7.09. The van der Waals surface area contributed by atoms with E-state index in [0.717, 1.165) is 12.1 Å². The number of methoxy groups -OCH3 is 1. The minimum atomic E-state index is -4.77. The molecule has 2 aromatic carbocycles. The van der Waals surface area contributed by atoms with E-state index >= 15 is 0 Å². The fourth-order valence-corrected chi connectivity index (χ4v) is 2.24. The Morgan fingerprint density at radius 3 is 2.48 bits per heavy atom. The first kappa shape index (κ1) is 16.7. The average Bonchev–Trinajstić information content (AvgIpc) is 2.99. The SMILES string of the molecule is COc1cccc2cc(C(=O)Nc3ccc(OC(F)(F)F)cc3)oc12. The third-order valence-corrected chi connectivity index (χ3v) is 3.30. The molecule has 8 heteroatoms. The molecule has 1 aromatic heterocycles. The quantitative estimate of drug-likeness (QED) is 0.747. The highest BCUT2D eigenvalue weighted by Gasteiger charge is 2.31. The first-order valence-corrected chi connectivity index (χ1v) is 7.09. The summed E-state index contributed by atoms with van der Waals surface area (Å²) >= 11 is 0. The van der Waals surface area contributed by atoms with Crippen LogP contribution >= 0.6 is 0 Å². The van der Waals surface area contributed by atoms with Crippen molar-refractivity contribution in [1.29, 1.82) is 0 Å². The molecule has 130 valence electrons. The highest BCUT2D eigenvalue weighted by atomic mass is 19.4. The number of rotatable bonds is 4. The summed E-state index contributed by atoms with van der Waals surface area (Å²) in [7, 11) is 1.49. The number of hydrogen-bond donors (Lipinski definition) is 1. The number of hydrogen-bond acceptors (Lipinski definition) is 4. The van der Waals surface area contributed by atoms with Crippen molar-refractivity contribution in [2.24, 2.45) is 0 Å². The number of benzene rings is 2. The second kappa shape index (κ2) is 6.39. The van der Waals surface area contributed by atoms with Gasteiger partial charge in [0.25, 0.3) is 5.91 Å². The summed E-state index contributed by atoms with van der Waals surface area (Å²) < 4.78 is 50.8. The predicted molar refractivity (Wildman–Crippen MR) is 83.8 cm³/mol. The number of carbonyl (C=O) groups excluding carboxylic acids is 1. The van der Waals surface area contributed by atoms with Gasteiger partial charge in [0.15, 0.2) is 17.1 Å². The summed E-state index contributed by atoms with van der Waals surface area (Å²) in [4.78, 5) is 12.2. The van der Waals surface area contributed by atoms with Gasteiger partial charge in [-0.05, 0) is 36.4 Å². The zero-order chi connectivity index (χ0) is 18.0. The van der Waals surface area contributed by atoms with Gasteiger partial charge in [-0.25, -0.2) is 0 Å². The van der Waals surface area contributed by atoms with Crippen LogP contribution in [0.5, 0.6) is 11.5 Å². The number of anilines is 1. The molecule has 5 nitrogen and oxygen atoms in total. The molecule has 0 saturated carbocycles. The van der Waals surface area contributed by atoms with Crippen LogP contribution in [-0.2, 0) is 0 Å². The Morgan fingerprint density at radius 1 is 1.12 bits per heavy atom. The van der Waals surface area contributed by atoms with Crippen molar-refractivity contribution >= 4 is 22.6 Å². The Kier molecular flexibility index (Phi) is 4.26. The molecule has 1 heterocycles. The number of para-hydroxylation sites is 1. The minimum Gasteiger partial charge on any atom is -0.493 e. The van der Waals surface area contributed by atoms with Crippen molar-refractivity contribution < 1.29 is 31.9 Å². The standard InChI is InChI=1S/C17H12F3NO4/c1-23-13-4-2-3-10-9-14(24-15(10)13)16(22)21-11-5-7-12(8-6-11)25-17(18,19)20/h2-9H,1H3,(H,21,22). The molecule has 0 aliphatic rings. The zero-order valence-corrected chi connectivity index (χ0v) is 12.9. The molecule has 0 atom stereocenters. The summed E-state index contributed by atoms with van der Waals surface area (Å²) in [6.45, 7) is 0. The van der Waals surface area contributed by atoms with Crippen LogP contribution in [-0.4, -0.2) is 19.4 Å². The van der Waals surface area contributed by atoms with Crippen LogP contribution in [0.3, 0.4) is 0 Å². The molecule has 0 aliphatic heterocycles. The lowest BCUT2D eigenvalue weighted by Gasteiger charge is -2.09. The summed E-state index contributed by atoms with van der Waals surface area (Å²) in [5.41, 5.74) is 0.732. The summed E-state index contributed by atoms with van der Waals surface area (Å²) in [5.74, 6) is -0.373. The van der Waals surface area contributed by atoms with Gasteiger partial charge in [-0.2, -0.15) is 0 Å². The highest BCUT2D eigenvalue weighted by molar-refractivity contribution is 6.05. The van der Waals surface area contributed by atoms with Crippen LogP contribution < -0.4 is 14.8 Å². The third-order valence-electron chi connectivity index (χ3n) is 3.30. The smallest absolute Gasteiger partial charge is 0.493 e. The number of furan rings is 1. The van der Waals surface area contributed by atoms with Gasteiger partial charge < -0.3 is 19.2 Å². The van der Waals surface area contributed by atoms with Crippen LogP contribution in [0.4, 0.5) is 18.9 Å². The van der Waals surface area contributed by atoms with E-state index in [1.54, 1.807) is 24.3 Å². The molecule has 0 saturated heterocycles. The van der Waals surface area contributed by atoms with E-state index in [1.165, 1.54) is 19.2 Å². The van der Waals surface area contributed by atoms with Crippen molar-refractivity contribution in [2.45, 2.75) is 6.36 Å². The van der Waals surface area contributed by atoms with Crippen LogP contribution in [0.2, 0.25) is 0 Å². The van der Waals surface area contributed by atoms with Crippen LogP contribution in [0, 0.1) is 0 Å². The largest absolute Gasteiger partial charge is 0.573 e. The Hall–Kier alpha value is -3.16. The van der Waals surface area contributed by atoms with Gasteiger partial charge in [-0.1, -0.05) is 12.1 Å². The Morgan fingerprint density at radius 2 is 1.84 bits per heavy atom. The number of alkyl halides is 3. The molecule has 0 spiro atoms. The third kappa shape index (κ3) is 3.85. The number of ether oxygens (including phenoxy) is 2. The Balaban J connectivity index is 1.76. The first-order chi connectivity index (χ1) is 11.9. The molecule has 0 unspecified atom stereocenters. The number of carbonyl (C=O) groups is 1. The molecule has 25 heavy (non-hydrogen) atoms. The van der Waals surface area contributed by atoms with Crippen LogP contribution in [0.1, 0.15) is 10.6 Å². The van der Waals surface area contributed by atoms with Gasteiger partial charge in [-0.15, -0.1) is 13.2 Å². The molecule has 1 N–H and O–H groups in total. The van der Waals surface area contributed by atoms with E-state index in [9.17, 15) is 18.0 Å². The number of amides is 1. The molecule has 0 bridgehead atoms. The second-order valence-corrected chi connectivity index (χ2v) is 5.02. The van der Waals surface area contributed by atoms with Crippen LogP contribution in [0.25, 0.3) is 11.0 Å². The van der Waals surface area contributed by atoms with Crippen molar-refractivity contribution in [3.63, 3.8) is 0 Å². The number of fused-ring (bicyclic) bond motifs is 1. The fourth-order valence-electron chi connectivity index (χ4n) is 2.24. The van der Waals surface area contributed by atoms with Crippen molar-refractivity contribution in [2.75, 3.05) is 12.4 Å². The number of nitrogens with one attached hydrogen (secondary N) is 1. The van der Waals surface area contributed by atoms with Crippen molar-refractivity contribution in [3.8, 4) is 11.5 Å². The lowest BCUT2D eigenvalue weighted by Crippen LogP contribution is -2.17. The van der Waals surface area contributed by atoms with Gasteiger partial charge in [0.05, 0.1) is 7.11 Å².